The van der Waals surface area contributed by atoms with Crippen molar-refractivity contribution >= 4 is 12.7 Å². The Morgan fingerprint density at radius 1 is 0.921 bits per heavy atom. The quantitative estimate of drug-likeness (QED) is 0.239. The van der Waals surface area contributed by atoms with E-state index in [0.29, 0.717) is 39.0 Å². The molecule has 0 amide bonds. The van der Waals surface area contributed by atoms with E-state index in [1.54, 1.807) is 37.3 Å². The van der Waals surface area contributed by atoms with Gasteiger partial charge in [-0.1, -0.05) is 87.0 Å². The van der Waals surface area contributed by atoms with Gasteiger partial charge in [-0.15, -0.1) is 0 Å². The highest BCUT2D eigenvalue weighted by Gasteiger charge is 2.48. The van der Waals surface area contributed by atoms with Crippen LogP contribution in [0.3, 0.4) is 0 Å². The molecule has 0 spiro atoms. The molecule has 3 rings (SSSR count). The molecule has 2 heterocycles. The summed E-state index contributed by atoms with van der Waals surface area (Å²) in [4.78, 5) is 0. The van der Waals surface area contributed by atoms with Gasteiger partial charge in [0.1, 0.15) is 28.4 Å². The van der Waals surface area contributed by atoms with Crippen LogP contribution in [0.15, 0.2) is 168 Å². The van der Waals surface area contributed by atoms with E-state index in [0.717, 1.165) is 22.3 Å². The van der Waals surface area contributed by atoms with Gasteiger partial charge < -0.3 is 14.0 Å². The normalized spacial score (nSPS) is 21.8. The van der Waals surface area contributed by atoms with E-state index < -0.39 is 7.14 Å². The van der Waals surface area contributed by atoms with Crippen LogP contribution in [0.4, 0.5) is 0 Å². The van der Waals surface area contributed by atoms with Gasteiger partial charge >= 0.3 is 0 Å². The van der Waals surface area contributed by atoms with Crippen LogP contribution in [0.25, 0.3) is 5.57 Å². The second kappa shape index (κ2) is 12.4. The third-order valence-corrected chi connectivity index (χ3v) is 9.49. The predicted molar refractivity (Wildman–Crippen MR) is 162 cm³/mol. The molecule has 4 heteroatoms. The Morgan fingerprint density at radius 2 is 1.55 bits per heavy atom. The second-order valence-corrected chi connectivity index (χ2v) is 11.4. The van der Waals surface area contributed by atoms with Crippen molar-refractivity contribution in [3.05, 3.63) is 173 Å². The minimum atomic E-state index is -3.53. The number of benzene rings is 1. The first kappa shape index (κ1) is 28.5. The summed E-state index contributed by atoms with van der Waals surface area (Å²) in [5.41, 5.74) is 3.74. The van der Waals surface area contributed by atoms with Gasteiger partial charge in [-0.05, 0) is 80.4 Å². The fourth-order valence-electron chi connectivity index (χ4n) is 4.39. The maximum absolute atomic E-state index is 15.7. The lowest BCUT2D eigenvalue weighted by atomic mass is 10.1. The molecule has 0 aromatic heterocycles. The third-order valence-electron chi connectivity index (χ3n) is 6.27. The van der Waals surface area contributed by atoms with Crippen LogP contribution in [0.2, 0.25) is 0 Å². The molecule has 194 valence electrons. The van der Waals surface area contributed by atoms with Crippen molar-refractivity contribution in [2.75, 3.05) is 0 Å². The van der Waals surface area contributed by atoms with E-state index in [1.165, 1.54) is 0 Å². The summed E-state index contributed by atoms with van der Waals surface area (Å²) in [6, 6.07) is 9.96. The zero-order chi connectivity index (χ0) is 27.9. The topological polar surface area (TPSA) is 35.5 Å². The second-order valence-electron chi connectivity index (χ2n) is 8.76. The van der Waals surface area contributed by atoms with Crippen LogP contribution >= 0.6 is 7.14 Å². The van der Waals surface area contributed by atoms with Gasteiger partial charge in [0.2, 0.25) is 0 Å². The van der Waals surface area contributed by atoms with Gasteiger partial charge in [0.05, 0.1) is 10.6 Å². The summed E-state index contributed by atoms with van der Waals surface area (Å²) in [6.07, 6.45) is 18.0. The molecule has 0 saturated carbocycles. The minimum absolute atomic E-state index is 0.422. The van der Waals surface area contributed by atoms with Gasteiger partial charge in [-0.2, -0.15) is 0 Å². The molecule has 2 aliphatic rings. The number of rotatable bonds is 9. The van der Waals surface area contributed by atoms with Crippen LogP contribution in [0, 0.1) is 0 Å². The van der Waals surface area contributed by atoms with E-state index >= 15 is 4.57 Å². The molecule has 0 bridgehead atoms. The monoisotopic (exact) mass is 522 g/mol. The van der Waals surface area contributed by atoms with Crippen molar-refractivity contribution in [3.63, 3.8) is 0 Å². The van der Waals surface area contributed by atoms with Crippen LogP contribution in [0.1, 0.15) is 33.3 Å². The Bertz CT molecular complexity index is 1460. The lowest BCUT2D eigenvalue weighted by Gasteiger charge is -2.36. The van der Waals surface area contributed by atoms with Gasteiger partial charge in [0, 0.05) is 0 Å². The van der Waals surface area contributed by atoms with E-state index in [2.05, 4.69) is 26.3 Å². The van der Waals surface area contributed by atoms with Crippen LogP contribution in [0.5, 0.6) is 0 Å². The van der Waals surface area contributed by atoms with E-state index in [1.807, 2.05) is 81.5 Å². The SMILES string of the molecule is C=C/C=C1/OC(C=C)=C(/C=C(\C)c2ccccc2)P2(=O)C(/C=C(C)/C(C=C)=C/C=C\C)=C(C=C)OC(C)=C12. The number of hydrogen-bond donors (Lipinski definition) is 0. The Kier molecular flexibility index (Phi) is 9.34. The number of allylic oxidation sites excluding steroid dienone is 17. The average Bonchev–Trinajstić information content (AvgIpc) is 2.92. The standard InChI is InChI=1S/C34H35O3P/c1-9-14-19-27(11-3)24(6)22-32-29(12-4)36-26(8)34-31(18-10-2)37-30(13-5)33(38(32,34)35)23-25(7)28-20-16-15-17-21-28/h9-23H,2-5H2,1,6-8H3/b14-9-,24-22+,25-23+,27-19+,31-18+. The molecule has 1 unspecified atom stereocenters. The summed E-state index contributed by atoms with van der Waals surface area (Å²) >= 11 is 0. The summed E-state index contributed by atoms with van der Waals surface area (Å²) in [5, 5.41) is 1.57. The lowest BCUT2D eigenvalue weighted by Crippen LogP contribution is -2.16. The molecule has 3 nitrogen and oxygen atoms in total. The maximum Gasteiger partial charge on any atom is 0.185 e. The van der Waals surface area contributed by atoms with Gasteiger partial charge in [-0.3, -0.25) is 0 Å². The van der Waals surface area contributed by atoms with E-state index in [-0.39, 0.29) is 0 Å². The van der Waals surface area contributed by atoms with Crippen molar-refractivity contribution < 1.29 is 14.0 Å². The summed E-state index contributed by atoms with van der Waals surface area (Å²) in [5.74, 6) is 1.78. The fraction of sp³-hybridized carbons (Fsp3) is 0.118. The van der Waals surface area contributed by atoms with Crippen molar-refractivity contribution in [1.82, 2.24) is 0 Å². The molecule has 0 N–H and O–H groups in total. The van der Waals surface area contributed by atoms with Crippen molar-refractivity contribution in [2.45, 2.75) is 27.7 Å². The average molecular weight is 523 g/mol. The Balaban J connectivity index is 2.45. The number of ether oxygens (including phenoxy) is 2. The Hall–Kier alpha value is -4.07. The van der Waals surface area contributed by atoms with Gasteiger partial charge in [0.15, 0.2) is 7.14 Å². The van der Waals surface area contributed by atoms with Crippen LogP contribution in [-0.2, 0) is 14.0 Å². The van der Waals surface area contributed by atoms with Gasteiger partial charge in [-0.25, -0.2) is 0 Å². The number of hydrogen-bond acceptors (Lipinski definition) is 3. The Labute approximate surface area is 227 Å². The molecule has 2 aliphatic heterocycles. The first-order chi connectivity index (χ1) is 18.3. The van der Waals surface area contributed by atoms with E-state index in [9.17, 15) is 0 Å². The van der Waals surface area contributed by atoms with Crippen molar-refractivity contribution in [1.29, 1.82) is 0 Å². The summed E-state index contributed by atoms with van der Waals surface area (Å²) < 4.78 is 28.2. The molecule has 0 saturated heterocycles. The molecule has 0 fully saturated rings. The fourth-order valence-corrected chi connectivity index (χ4v) is 7.70. The highest BCUT2D eigenvalue weighted by Crippen LogP contribution is 2.76. The third kappa shape index (κ3) is 5.44. The summed E-state index contributed by atoms with van der Waals surface area (Å²) in [6.45, 7) is 23.5. The largest absolute Gasteiger partial charge is 0.460 e. The van der Waals surface area contributed by atoms with E-state index in [4.69, 9.17) is 9.47 Å². The zero-order valence-electron chi connectivity index (χ0n) is 22.7. The van der Waals surface area contributed by atoms with Crippen LogP contribution < -0.4 is 0 Å². The molecular formula is C34H35O3P. The first-order valence-electron chi connectivity index (χ1n) is 12.4. The Morgan fingerprint density at radius 3 is 2.13 bits per heavy atom. The molecule has 1 aromatic rings. The number of fused-ring (bicyclic) bond motifs is 1. The smallest absolute Gasteiger partial charge is 0.185 e. The molecule has 0 radical (unpaired) electrons. The highest BCUT2D eigenvalue weighted by atomic mass is 31.2. The molecule has 1 atom stereocenters. The predicted octanol–water partition coefficient (Wildman–Crippen LogP) is 10.2. The minimum Gasteiger partial charge on any atom is -0.460 e. The lowest BCUT2D eigenvalue weighted by molar-refractivity contribution is 0.293. The van der Waals surface area contributed by atoms with Crippen molar-refractivity contribution in [3.8, 4) is 0 Å². The van der Waals surface area contributed by atoms with Gasteiger partial charge in [0.25, 0.3) is 0 Å². The molecule has 38 heavy (non-hydrogen) atoms. The molecular weight excluding hydrogens is 487 g/mol. The highest BCUT2D eigenvalue weighted by molar-refractivity contribution is 7.77. The molecule has 1 aromatic carbocycles. The maximum atomic E-state index is 15.7. The van der Waals surface area contributed by atoms with Crippen LogP contribution in [-0.4, -0.2) is 0 Å². The van der Waals surface area contributed by atoms with Crippen molar-refractivity contribution in [2.24, 2.45) is 0 Å². The molecule has 0 aliphatic carbocycles. The zero-order valence-corrected chi connectivity index (χ0v) is 23.6. The first-order valence-corrected chi connectivity index (χ1v) is 14.1. The summed E-state index contributed by atoms with van der Waals surface area (Å²) in [7, 11) is -3.53.